The van der Waals surface area contributed by atoms with Gasteiger partial charge in [-0.1, -0.05) is 17.3 Å². The molecule has 0 aromatic heterocycles. The van der Waals surface area contributed by atoms with E-state index in [1.165, 1.54) is 12.1 Å². The average molecular weight is 230 g/mol. The predicted molar refractivity (Wildman–Crippen MR) is 54.4 cm³/mol. The molecule has 1 aromatic carbocycles. The number of nitrogens with zero attached hydrogens (tertiary/aromatic N) is 1. The van der Waals surface area contributed by atoms with Gasteiger partial charge in [0, 0.05) is 5.56 Å². The summed E-state index contributed by atoms with van der Waals surface area (Å²) in [6.07, 6.45) is 0. The summed E-state index contributed by atoms with van der Waals surface area (Å²) in [5, 5.41) is 25.6. The van der Waals surface area contributed by atoms with Crippen molar-refractivity contribution in [1.82, 2.24) is 0 Å². The Morgan fingerprint density at radius 2 is 2.00 bits per heavy atom. The van der Waals surface area contributed by atoms with E-state index in [0.717, 1.165) is 0 Å². The van der Waals surface area contributed by atoms with Crippen LogP contribution in [-0.4, -0.2) is 30.2 Å². The second-order valence-electron chi connectivity index (χ2n) is 2.87. The van der Waals surface area contributed by atoms with Gasteiger partial charge in [0.05, 0.1) is 0 Å². The van der Waals surface area contributed by atoms with Gasteiger partial charge in [-0.15, -0.1) is 0 Å². The summed E-state index contributed by atoms with van der Waals surface area (Å²) >= 11 is 0. The maximum atomic E-state index is 10.8. The molecule has 7 heteroatoms. The molecule has 0 atom stereocenters. The van der Waals surface area contributed by atoms with E-state index in [4.69, 9.17) is 10.3 Å². The van der Waals surface area contributed by atoms with Crippen molar-refractivity contribution in [2.75, 3.05) is 5.75 Å². The van der Waals surface area contributed by atoms with Gasteiger partial charge in [-0.25, -0.2) is 13.6 Å². The van der Waals surface area contributed by atoms with E-state index in [9.17, 15) is 13.5 Å². The van der Waals surface area contributed by atoms with Crippen molar-refractivity contribution in [3.63, 3.8) is 0 Å². The van der Waals surface area contributed by atoms with Gasteiger partial charge < -0.3 is 10.3 Å². The van der Waals surface area contributed by atoms with Gasteiger partial charge in [0.2, 0.25) is 10.0 Å². The minimum absolute atomic E-state index is 0.133. The molecule has 0 radical (unpaired) electrons. The summed E-state index contributed by atoms with van der Waals surface area (Å²) in [6.45, 7) is 0. The van der Waals surface area contributed by atoms with Crippen LogP contribution in [0.5, 0.6) is 5.75 Å². The molecule has 0 spiro atoms. The Morgan fingerprint density at radius 1 is 1.40 bits per heavy atom. The van der Waals surface area contributed by atoms with Crippen LogP contribution in [0.25, 0.3) is 0 Å². The van der Waals surface area contributed by atoms with E-state index in [1.807, 2.05) is 0 Å². The number of rotatable bonds is 3. The monoisotopic (exact) mass is 230 g/mol. The number of hydrogen-bond donors (Lipinski definition) is 3. The first-order valence-electron chi connectivity index (χ1n) is 3.94. The molecule has 0 fully saturated rings. The highest BCUT2D eigenvalue weighted by Crippen LogP contribution is 2.16. The summed E-state index contributed by atoms with van der Waals surface area (Å²) in [7, 11) is -3.80. The zero-order valence-electron chi connectivity index (χ0n) is 7.66. The number of hydrogen-bond acceptors (Lipinski definition) is 5. The highest BCUT2D eigenvalue weighted by Gasteiger charge is 2.15. The lowest BCUT2D eigenvalue weighted by Gasteiger charge is -2.04. The molecule has 4 N–H and O–H groups in total. The Hall–Kier alpha value is -1.60. The minimum Gasteiger partial charge on any atom is -0.507 e. The maximum Gasteiger partial charge on any atom is 0.214 e. The van der Waals surface area contributed by atoms with E-state index in [-0.39, 0.29) is 17.0 Å². The Morgan fingerprint density at radius 3 is 2.47 bits per heavy atom. The molecule has 0 heterocycles. The number of phenolic OH excluding ortho intramolecular Hbond substituents is 1. The molecule has 0 amide bonds. The third kappa shape index (κ3) is 3.22. The Kier molecular flexibility index (Phi) is 3.28. The lowest BCUT2D eigenvalue weighted by atomic mass is 10.1. The molecule has 0 unspecified atom stereocenters. The fourth-order valence-electron chi connectivity index (χ4n) is 1.07. The highest BCUT2D eigenvalue weighted by atomic mass is 32.2. The molecular weight excluding hydrogens is 220 g/mol. The quantitative estimate of drug-likeness (QED) is 0.381. The van der Waals surface area contributed by atoms with Crippen molar-refractivity contribution in [1.29, 1.82) is 0 Å². The van der Waals surface area contributed by atoms with E-state index in [1.54, 1.807) is 12.1 Å². The van der Waals surface area contributed by atoms with E-state index < -0.39 is 15.8 Å². The van der Waals surface area contributed by atoms with Crippen LogP contribution in [0.1, 0.15) is 5.56 Å². The molecule has 1 aromatic rings. The minimum atomic E-state index is -3.80. The van der Waals surface area contributed by atoms with Crippen LogP contribution in [0.4, 0.5) is 0 Å². The number of primary sulfonamides is 1. The number of para-hydroxylation sites is 1. The standard InChI is InChI=1S/C8H10N2O4S/c9-15(13,14)5-7(10-12)6-3-1-2-4-8(6)11/h1-4,11-12H,5H2,(H2,9,13,14). The third-order valence-corrected chi connectivity index (χ3v) is 2.35. The molecule has 0 saturated carbocycles. The lowest BCUT2D eigenvalue weighted by molar-refractivity contribution is 0.319. The molecule has 15 heavy (non-hydrogen) atoms. The number of aromatic hydroxyl groups is 1. The molecule has 6 nitrogen and oxygen atoms in total. The number of sulfonamides is 1. The number of oxime groups is 1. The summed E-state index contributed by atoms with van der Waals surface area (Å²) in [5.41, 5.74) is -0.0652. The molecule has 1 rings (SSSR count). The van der Waals surface area contributed by atoms with Crippen molar-refractivity contribution in [3.8, 4) is 5.75 Å². The van der Waals surface area contributed by atoms with Gasteiger partial charge in [0.15, 0.2) is 0 Å². The second kappa shape index (κ2) is 4.28. The SMILES string of the molecule is NS(=O)(=O)CC(=NO)c1ccccc1O. The number of phenols is 1. The van der Waals surface area contributed by atoms with Gasteiger partial charge >= 0.3 is 0 Å². The normalized spacial score (nSPS) is 12.7. The number of benzene rings is 1. The lowest BCUT2D eigenvalue weighted by Crippen LogP contribution is -2.23. The summed E-state index contributed by atoms with van der Waals surface area (Å²) in [5.74, 6) is -0.810. The van der Waals surface area contributed by atoms with Crippen LogP contribution in [0.2, 0.25) is 0 Å². The van der Waals surface area contributed by atoms with Gasteiger partial charge in [0.1, 0.15) is 17.2 Å². The zero-order valence-corrected chi connectivity index (χ0v) is 8.48. The van der Waals surface area contributed by atoms with Crippen LogP contribution >= 0.6 is 0 Å². The molecular formula is C8H10N2O4S. The number of nitrogens with two attached hydrogens (primary N) is 1. The van der Waals surface area contributed by atoms with Gasteiger partial charge in [0.25, 0.3) is 0 Å². The smallest absolute Gasteiger partial charge is 0.214 e. The average Bonchev–Trinajstić information content (AvgIpc) is 2.14. The molecule has 82 valence electrons. The van der Waals surface area contributed by atoms with Crippen LogP contribution < -0.4 is 5.14 Å². The Labute approximate surface area is 86.7 Å². The van der Waals surface area contributed by atoms with E-state index >= 15 is 0 Å². The Balaban J connectivity index is 3.11. The first-order chi connectivity index (χ1) is 6.94. The zero-order chi connectivity index (χ0) is 11.5. The first kappa shape index (κ1) is 11.5. The van der Waals surface area contributed by atoms with Crippen molar-refractivity contribution < 1.29 is 18.7 Å². The second-order valence-corrected chi connectivity index (χ2v) is 4.49. The van der Waals surface area contributed by atoms with Crippen LogP contribution in [-0.2, 0) is 10.0 Å². The molecule has 0 aliphatic carbocycles. The molecule has 0 bridgehead atoms. The van der Waals surface area contributed by atoms with Crippen molar-refractivity contribution in [3.05, 3.63) is 29.8 Å². The van der Waals surface area contributed by atoms with Gasteiger partial charge in [-0.05, 0) is 12.1 Å². The van der Waals surface area contributed by atoms with Crippen LogP contribution in [0, 0.1) is 0 Å². The fourth-order valence-corrected chi connectivity index (χ4v) is 1.66. The molecule has 0 aliphatic heterocycles. The maximum absolute atomic E-state index is 10.8. The summed E-state index contributed by atoms with van der Waals surface area (Å²) < 4.78 is 21.6. The van der Waals surface area contributed by atoms with Crippen molar-refractivity contribution >= 4 is 15.7 Å². The van der Waals surface area contributed by atoms with Crippen molar-refractivity contribution in [2.45, 2.75) is 0 Å². The predicted octanol–water partition coefficient (Wildman–Crippen LogP) is -0.141. The molecule has 0 aliphatic rings. The van der Waals surface area contributed by atoms with Crippen LogP contribution in [0.3, 0.4) is 0 Å². The summed E-state index contributed by atoms with van der Waals surface area (Å²) in [4.78, 5) is 0. The van der Waals surface area contributed by atoms with Crippen molar-refractivity contribution in [2.24, 2.45) is 10.3 Å². The van der Waals surface area contributed by atoms with Gasteiger partial charge in [-0.2, -0.15) is 0 Å². The van der Waals surface area contributed by atoms with Gasteiger partial charge in [-0.3, -0.25) is 0 Å². The van der Waals surface area contributed by atoms with E-state index in [0.29, 0.717) is 0 Å². The highest BCUT2D eigenvalue weighted by molar-refractivity contribution is 7.89. The van der Waals surface area contributed by atoms with Crippen LogP contribution in [0.15, 0.2) is 29.4 Å². The molecule has 0 saturated heterocycles. The first-order valence-corrected chi connectivity index (χ1v) is 5.65. The Bertz CT molecular complexity index is 481. The van der Waals surface area contributed by atoms with E-state index in [2.05, 4.69) is 5.16 Å². The fraction of sp³-hybridized carbons (Fsp3) is 0.125. The third-order valence-electron chi connectivity index (χ3n) is 1.67. The topological polar surface area (TPSA) is 113 Å². The largest absolute Gasteiger partial charge is 0.507 e. The summed E-state index contributed by atoms with van der Waals surface area (Å²) in [6, 6.07) is 5.91.